The van der Waals surface area contributed by atoms with Gasteiger partial charge in [-0.05, 0) is 40.2 Å². The number of guanidine groups is 1. The highest BCUT2D eigenvalue weighted by atomic mass is 16.3. The second-order valence-corrected chi connectivity index (χ2v) is 6.94. The van der Waals surface area contributed by atoms with Crippen molar-refractivity contribution in [3.05, 3.63) is 35.9 Å². The monoisotopic (exact) mass is 320 g/mol. The fraction of sp³-hybridized carbons (Fsp3) is 0.611. The molecule has 5 nitrogen and oxygen atoms in total. The van der Waals surface area contributed by atoms with E-state index in [1.807, 2.05) is 37.3 Å². The Kier molecular flexibility index (Phi) is 7.52. The van der Waals surface area contributed by atoms with E-state index in [4.69, 9.17) is 0 Å². The smallest absolute Gasteiger partial charge is 0.191 e. The quantitative estimate of drug-likeness (QED) is 0.351. The molecule has 1 aromatic carbocycles. The molecule has 1 atom stereocenters. The number of aliphatic imine (C=N–C) groups is 1. The third kappa shape index (κ3) is 8.00. The molecule has 0 saturated carbocycles. The number of hydrogen-bond donors (Lipinski definition) is 4. The van der Waals surface area contributed by atoms with Crippen LogP contribution in [0.15, 0.2) is 35.3 Å². The Hall–Kier alpha value is -1.59. The molecule has 0 heterocycles. The summed E-state index contributed by atoms with van der Waals surface area (Å²) in [6.45, 7) is 13.0. The average Bonchev–Trinajstić information content (AvgIpc) is 2.49. The van der Waals surface area contributed by atoms with Gasteiger partial charge in [0.25, 0.3) is 0 Å². The zero-order valence-corrected chi connectivity index (χ0v) is 15.1. The van der Waals surface area contributed by atoms with E-state index in [0.717, 1.165) is 31.2 Å². The lowest BCUT2D eigenvalue weighted by atomic mass is 9.96. The maximum absolute atomic E-state index is 10.6. The van der Waals surface area contributed by atoms with Gasteiger partial charge in [0.05, 0.1) is 6.54 Å². The lowest BCUT2D eigenvalue weighted by Gasteiger charge is -2.23. The predicted molar refractivity (Wildman–Crippen MR) is 97.7 cm³/mol. The summed E-state index contributed by atoms with van der Waals surface area (Å²) >= 11 is 0. The van der Waals surface area contributed by atoms with E-state index in [9.17, 15) is 5.11 Å². The Bertz CT molecular complexity index is 478. The van der Waals surface area contributed by atoms with E-state index in [1.54, 1.807) is 6.92 Å². The molecule has 1 rings (SSSR count). The first kappa shape index (κ1) is 19.5. The Balaban J connectivity index is 2.57. The van der Waals surface area contributed by atoms with Crippen LogP contribution in [0, 0.1) is 0 Å². The van der Waals surface area contributed by atoms with Gasteiger partial charge in [-0.15, -0.1) is 0 Å². The zero-order valence-electron chi connectivity index (χ0n) is 15.1. The first-order valence-electron chi connectivity index (χ1n) is 8.30. The van der Waals surface area contributed by atoms with Crippen molar-refractivity contribution in [1.82, 2.24) is 16.0 Å². The van der Waals surface area contributed by atoms with Crippen LogP contribution >= 0.6 is 0 Å². The minimum atomic E-state index is -0.979. The highest BCUT2D eigenvalue weighted by Gasteiger charge is 2.22. The van der Waals surface area contributed by atoms with Gasteiger partial charge in [-0.1, -0.05) is 30.3 Å². The van der Waals surface area contributed by atoms with Crippen LogP contribution < -0.4 is 16.0 Å². The third-order valence-electron chi connectivity index (χ3n) is 3.36. The van der Waals surface area contributed by atoms with Crippen molar-refractivity contribution in [3.63, 3.8) is 0 Å². The highest BCUT2D eigenvalue weighted by molar-refractivity contribution is 5.79. The number of nitrogens with one attached hydrogen (secondary N) is 3. The standard InChI is InChI=1S/C18H32N4O/c1-6-19-16(20-12-13-22-17(2,3)4)21-14-18(5,23)15-10-8-7-9-11-15/h7-11,22-23H,6,12-14H2,1-5H3,(H2,19,20,21). The van der Waals surface area contributed by atoms with E-state index in [0.29, 0.717) is 6.54 Å². The lowest BCUT2D eigenvalue weighted by Crippen LogP contribution is -2.45. The van der Waals surface area contributed by atoms with Crippen LogP contribution in [0.25, 0.3) is 0 Å². The van der Waals surface area contributed by atoms with E-state index in [1.165, 1.54) is 0 Å². The summed E-state index contributed by atoms with van der Waals surface area (Å²) in [7, 11) is 0. The molecule has 0 amide bonds. The Morgan fingerprint density at radius 2 is 1.70 bits per heavy atom. The summed E-state index contributed by atoms with van der Waals surface area (Å²) < 4.78 is 0. The second-order valence-electron chi connectivity index (χ2n) is 6.94. The second kappa shape index (κ2) is 8.89. The molecule has 0 radical (unpaired) electrons. The van der Waals surface area contributed by atoms with Gasteiger partial charge in [-0.2, -0.15) is 0 Å². The predicted octanol–water partition coefficient (Wildman–Crippen LogP) is 1.84. The Morgan fingerprint density at radius 1 is 1.04 bits per heavy atom. The summed E-state index contributed by atoms with van der Waals surface area (Å²) in [6, 6.07) is 9.63. The zero-order chi connectivity index (χ0) is 17.3. The number of benzene rings is 1. The number of rotatable bonds is 7. The highest BCUT2D eigenvalue weighted by Crippen LogP contribution is 2.20. The molecular formula is C18H32N4O. The van der Waals surface area contributed by atoms with Crippen molar-refractivity contribution in [2.75, 3.05) is 26.2 Å². The van der Waals surface area contributed by atoms with Crippen molar-refractivity contribution in [3.8, 4) is 0 Å². The van der Waals surface area contributed by atoms with E-state index in [-0.39, 0.29) is 5.54 Å². The molecular weight excluding hydrogens is 288 g/mol. The lowest BCUT2D eigenvalue weighted by molar-refractivity contribution is 0.0672. The van der Waals surface area contributed by atoms with Gasteiger partial charge in [0.15, 0.2) is 5.96 Å². The average molecular weight is 320 g/mol. The van der Waals surface area contributed by atoms with E-state index < -0.39 is 5.60 Å². The molecule has 1 aromatic rings. The maximum Gasteiger partial charge on any atom is 0.191 e. The van der Waals surface area contributed by atoms with Crippen molar-refractivity contribution >= 4 is 5.96 Å². The molecule has 0 aliphatic heterocycles. The molecule has 0 aromatic heterocycles. The van der Waals surface area contributed by atoms with Crippen LogP contribution in [0.2, 0.25) is 0 Å². The van der Waals surface area contributed by atoms with Crippen molar-refractivity contribution in [2.45, 2.75) is 45.8 Å². The fourth-order valence-electron chi connectivity index (χ4n) is 2.08. The van der Waals surface area contributed by atoms with Crippen molar-refractivity contribution in [2.24, 2.45) is 4.99 Å². The minimum Gasteiger partial charge on any atom is -0.384 e. The van der Waals surface area contributed by atoms with Crippen LogP contribution in [0.1, 0.15) is 40.2 Å². The molecule has 23 heavy (non-hydrogen) atoms. The first-order chi connectivity index (χ1) is 10.7. The van der Waals surface area contributed by atoms with Gasteiger partial charge >= 0.3 is 0 Å². The third-order valence-corrected chi connectivity index (χ3v) is 3.36. The Labute approximate surface area is 140 Å². The van der Waals surface area contributed by atoms with Gasteiger partial charge in [-0.3, -0.25) is 0 Å². The van der Waals surface area contributed by atoms with Gasteiger partial charge in [-0.25, -0.2) is 4.99 Å². The summed E-state index contributed by atoms with van der Waals surface area (Å²) in [5.74, 6) is 0.722. The van der Waals surface area contributed by atoms with Gasteiger partial charge in [0.2, 0.25) is 0 Å². The SMILES string of the molecule is CCNC(=NCC(C)(O)c1ccccc1)NCCNC(C)(C)C. The normalized spacial score (nSPS) is 15.1. The van der Waals surface area contributed by atoms with E-state index in [2.05, 4.69) is 41.7 Å². The number of aliphatic hydroxyl groups is 1. The summed E-state index contributed by atoms with van der Waals surface area (Å²) in [4.78, 5) is 4.51. The molecule has 130 valence electrons. The molecule has 0 spiro atoms. The maximum atomic E-state index is 10.6. The molecule has 5 heteroatoms. The summed E-state index contributed by atoms with van der Waals surface area (Å²) in [5, 5.41) is 20.5. The van der Waals surface area contributed by atoms with Gasteiger partial charge < -0.3 is 21.1 Å². The molecule has 0 saturated heterocycles. The topological polar surface area (TPSA) is 68.7 Å². The van der Waals surface area contributed by atoms with Gasteiger partial charge in [0, 0.05) is 25.2 Å². The number of hydrogen-bond acceptors (Lipinski definition) is 3. The van der Waals surface area contributed by atoms with Crippen molar-refractivity contribution in [1.29, 1.82) is 0 Å². The van der Waals surface area contributed by atoms with Crippen LogP contribution in [-0.2, 0) is 5.60 Å². The molecule has 4 N–H and O–H groups in total. The largest absolute Gasteiger partial charge is 0.384 e. The van der Waals surface area contributed by atoms with Crippen LogP contribution in [0.3, 0.4) is 0 Å². The van der Waals surface area contributed by atoms with Crippen LogP contribution in [-0.4, -0.2) is 42.8 Å². The van der Waals surface area contributed by atoms with E-state index >= 15 is 0 Å². The molecule has 0 bridgehead atoms. The molecule has 0 aliphatic rings. The Morgan fingerprint density at radius 3 is 2.26 bits per heavy atom. The summed E-state index contributed by atoms with van der Waals surface area (Å²) in [6.07, 6.45) is 0. The number of nitrogens with zero attached hydrogens (tertiary/aromatic N) is 1. The molecule has 1 unspecified atom stereocenters. The summed E-state index contributed by atoms with van der Waals surface area (Å²) in [5.41, 5.74) is -0.00415. The first-order valence-corrected chi connectivity index (χ1v) is 8.30. The minimum absolute atomic E-state index is 0.105. The molecule has 0 fully saturated rings. The van der Waals surface area contributed by atoms with Crippen LogP contribution in [0.5, 0.6) is 0 Å². The van der Waals surface area contributed by atoms with Crippen LogP contribution in [0.4, 0.5) is 0 Å². The van der Waals surface area contributed by atoms with Gasteiger partial charge in [0.1, 0.15) is 5.60 Å². The molecule has 0 aliphatic carbocycles. The fourth-order valence-corrected chi connectivity index (χ4v) is 2.08. The van der Waals surface area contributed by atoms with Crippen molar-refractivity contribution < 1.29 is 5.11 Å².